The lowest BCUT2D eigenvalue weighted by Gasteiger charge is -2.40. The van der Waals surface area contributed by atoms with Crippen molar-refractivity contribution >= 4 is 33.9 Å². The lowest BCUT2D eigenvalue weighted by atomic mass is 9.67. The van der Waals surface area contributed by atoms with E-state index in [-0.39, 0.29) is 16.2 Å². The number of hydrogen-bond donors (Lipinski definition) is 1. The average Bonchev–Trinajstić information content (AvgIpc) is 3.20. The Morgan fingerprint density at radius 3 is 2.53 bits per heavy atom. The molecule has 1 aliphatic heterocycles. The molecule has 1 aromatic carbocycles. The standard InChI is InChI=1S/C23H20F2N4O2S/c1-13-20(16-12-23(2)9-8-17(23)26-16)28-21(32-13)29(14-10-18(24)27-19(25)11-14)22(30)31-15-6-4-3-5-7-15/h3-7,10-12,17,26H,8-9H2,1-2H3. The highest BCUT2D eigenvalue weighted by Gasteiger charge is 2.46. The van der Waals surface area contributed by atoms with Gasteiger partial charge >= 0.3 is 6.09 Å². The summed E-state index contributed by atoms with van der Waals surface area (Å²) >= 11 is 1.24. The third-order valence-corrected chi connectivity index (χ3v) is 6.90. The maximum absolute atomic E-state index is 13.9. The second-order valence-corrected chi connectivity index (χ2v) is 9.37. The summed E-state index contributed by atoms with van der Waals surface area (Å²) in [6, 6.07) is 10.8. The van der Waals surface area contributed by atoms with Gasteiger partial charge in [0.1, 0.15) is 11.4 Å². The minimum atomic E-state index is -1.05. The molecule has 9 heteroatoms. The fraction of sp³-hybridized carbons (Fsp3) is 0.261. The van der Waals surface area contributed by atoms with Crippen LogP contribution in [0.15, 0.2) is 48.5 Å². The van der Waals surface area contributed by atoms with Crippen LogP contribution in [0.25, 0.3) is 5.70 Å². The second-order valence-electron chi connectivity index (χ2n) is 8.19. The van der Waals surface area contributed by atoms with Gasteiger partial charge in [0.2, 0.25) is 11.9 Å². The van der Waals surface area contributed by atoms with Gasteiger partial charge in [0.15, 0.2) is 5.13 Å². The van der Waals surface area contributed by atoms with Crippen molar-refractivity contribution in [2.45, 2.75) is 32.7 Å². The number of hydrogen-bond acceptors (Lipinski definition) is 6. The zero-order valence-corrected chi connectivity index (χ0v) is 18.2. The largest absolute Gasteiger partial charge is 0.426 e. The Bertz CT molecular complexity index is 1210. The van der Waals surface area contributed by atoms with Crippen molar-refractivity contribution in [3.63, 3.8) is 0 Å². The molecule has 5 rings (SSSR count). The van der Waals surface area contributed by atoms with Gasteiger partial charge in [-0.15, -0.1) is 11.3 Å². The van der Waals surface area contributed by atoms with Gasteiger partial charge in [0, 0.05) is 28.5 Å². The molecular formula is C23H20F2N4O2S. The van der Waals surface area contributed by atoms with Crippen LogP contribution in [0.1, 0.15) is 30.3 Å². The Morgan fingerprint density at radius 2 is 1.94 bits per heavy atom. The smallest absolute Gasteiger partial charge is 0.410 e. The van der Waals surface area contributed by atoms with Crippen LogP contribution in [0.2, 0.25) is 0 Å². The van der Waals surface area contributed by atoms with Crippen molar-refractivity contribution in [3.8, 4) is 5.75 Å². The van der Waals surface area contributed by atoms with Crippen molar-refractivity contribution in [3.05, 3.63) is 71.0 Å². The first kappa shape index (κ1) is 20.6. The Kier molecular flexibility index (Phi) is 4.93. The number of nitrogens with one attached hydrogen (secondary N) is 1. The summed E-state index contributed by atoms with van der Waals surface area (Å²) in [5.74, 6) is -1.79. The number of fused-ring (bicyclic) bond motifs is 1. The Morgan fingerprint density at radius 1 is 1.22 bits per heavy atom. The third kappa shape index (κ3) is 3.62. The minimum Gasteiger partial charge on any atom is -0.410 e. The number of carbonyl (C=O) groups is 1. The molecule has 2 unspecified atom stereocenters. The molecule has 32 heavy (non-hydrogen) atoms. The van der Waals surface area contributed by atoms with Crippen LogP contribution in [-0.4, -0.2) is 22.1 Å². The van der Waals surface area contributed by atoms with Gasteiger partial charge in [-0.3, -0.25) is 0 Å². The molecule has 3 aromatic rings. The summed E-state index contributed by atoms with van der Waals surface area (Å²) in [5, 5.41) is 3.75. The summed E-state index contributed by atoms with van der Waals surface area (Å²) in [5.41, 5.74) is 1.68. The molecule has 1 fully saturated rings. The molecule has 0 saturated heterocycles. The maximum atomic E-state index is 13.9. The van der Waals surface area contributed by atoms with Gasteiger partial charge in [-0.05, 0) is 31.9 Å². The number of benzene rings is 1. The van der Waals surface area contributed by atoms with Crippen LogP contribution in [-0.2, 0) is 0 Å². The number of ether oxygens (including phenoxy) is 1. The molecule has 2 atom stereocenters. The summed E-state index contributed by atoms with van der Waals surface area (Å²) in [6.45, 7) is 4.10. The highest BCUT2D eigenvalue weighted by molar-refractivity contribution is 7.16. The Hall–Kier alpha value is -3.33. The number of aromatic nitrogens is 2. The monoisotopic (exact) mass is 454 g/mol. The van der Waals surface area contributed by atoms with Crippen LogP contribution in [0, 0.1) is 24.2 Å². The highest BCUT2D eigenvalue weighted by Crippen LogP contribution is 2.49. The van der Waals surface area contributed by atoms with E-state index in [2.05, 4.69) is 28.3 Å². The molecule has 1 saturated carbocycles. The number of pyridine rings is 1. The predicted molar refractivity (Wildman–Crippen MR) is 118 cm³/mol. The number of nitrogens with zero attached hydrogens (tertiary/aromatic N) is 3. The number of carbonyl (C=O) groups excluding carboxylic acids is 1. The minimum absolute atomic E-state index is 0.0587. The normalized spacial score (nSPS) is 21.2. The Balaban J connectivity index is 1.54. The molecule has 1 amide bonds. The molecule has 2 aromatic heterocycles. The number of amides is 1. The number of thiazole rings is 1. The molecule has 0 spiro atoms. The quantitative estimate of drug-likeness (QED) is 0.522. The molecule has 1 N–H and O–H groups in total. The van der Waals surface area contributed by atoms with Crippen molar-refractivity contribution in [1.29, 1.82) is 0 Å². The van der Waals surface area contributed by atoms with Gasteiger partial charge in [-0.1, -0.05) is 31.2 Å². The van der Waals surface area contributed by atoms with E-state index in [0.29, 0.717) is 17.5 Å². The number of anilines is 2. The molecule has 1 aliphatic carbocycles. The number of aryl methyl sites for hydroxylation is 1. The first-order valence-corrected chi connectivity index (χ1v) is 11.0. The fourth-order valence-electron chi connectivity index (χ4n) is 4.09. The Labute approximate surface area is 187 Å². The van der Waals surface area contributed by atoms with Gasteiger partial charge < -0.3 is 10.1 Å². The number of rotatable bonds is 4. The van der Waals surface area contributed by atoms with E-state index in [4.69, 9.17) is 4.74 Å². The van der Waals surface area contributed by atoms with Crippen molar-refractivity contribution in [2.24, 2.45) is 5.41 Å². The summed E-state index contributed by atoms with van der Waals surface area (Å²) in [4.78, 5) is 22.8. The summed E-state index contributed by atoms with van der Waals surface area (Å²) < 4.78 is 33.2. The van der Waals surface area contributed by atoms with Crippen LogP contribution < -0.4 is 15.0 Å². The SMILES string of the molecule is Cc1sc(N(C(=O)Oc2ccccc2)c2cc(F)nc(F)c2)nc1C1=CC2(C)CCC2N1. The molecular weight excluding hydrogens is 434 g/mol. The number of halogens is 2. The van der Waals surface area contributed by atoms with Gasteiger partial charge in [-0.25, -0.2) is 14.7 Å². The lowest BCUT2D eigenvalue weighted by Crippen LogP contribution is -2.44. The van der Waals surface area contributed by atoms with Crippen molar-refractivity contribution in [1.82, 2.24) is 15.3 Å². The zero-order valence-electron chi connectivity index (χ0n) is 17.4. The van der Waals surface area contributed by atoms with Gasteiger partial charge in [0.05, 0.1) is 11.4 Å². The maximum Gasteiger partial charge on any atom is 0.426 e. The van der Waals surface area contributed by atoms with Crippen molar-refractivity contribution < 1.29 is 18.3 Å². The van der Waals surface area contributed by atoms with E-state index in [0.717, 1.165) is 40.4 Å². The second kappa shape index (κ2) is 7.67. The topological polar surface area (TPSA) is 67.4 Å². The van der Waals surface area contributed by atoms with E-state index < -0.39 is 18.0 Å². The molecule has 0 bridgehead atoms. The van der Waals surface area contributed by atoms with E-state index in [1.54, 1.807) is 30.3 Å². The first-order chi connectivity index (χ1) is 15.3. The van der Waals surface area contributed by atoms with Crippen LogP contribution >= 0.6 is 11.3 Å². The molecule has 2 aliphatic rings. The van der Waals surface area contributed by atoms with Gasteiger partial charge in [0.25, 0.3) is 0 Å². The molecule has 0 radical (unpaired) electrons. The summed E-state index contributed by atoms with van der Waals surface area (Å²) in [7, 11) is 0. The van der Waals surface area contributed by atoms with E-state index >= 15 is 0 Å². The lowest BCUT2D eigenvalue weighted by molar-refractivity contribution is 0.178. The van der Waals surface area contributed by atoms with E-state index in [1.165, 1.54) is 11.3 Å². The average molecular weight is 455 g/mol. The van der Waals surface area contributed by atoms with Gasteiger partial charge in [-0.2, -0.15) is 13.8 Å². The van der Waals surface area contributed by atoms with Crippen LogP contribution in [0.4, 0.5) is 24.4 Å². The third-order valence-electron chi connectivity index (χ3n) is 5.94. The predicted octanol–water partition coefficient (Wildman–Crippen LogP) is 5.57. The highest BCUT2D eigenvalue weighted by atomic mass is 32.1. The number of para-hydroxylation sites is 1. The van der Waals surface area contributed by atoms with Crippen molar-refractivity contribution in [2.75, 3.05) is 4.90 Å². The molecule has 6 nitrogen and oxygen atoms in total. The summed E-state index contributed by atoms with van der Waals surface area (Å²) in [6.07, 6.45) is 3.56. The molecule has 164 valence electrons. The molecule has 3 heterocycles. The van der Waals surface area contributed by atoms with E-state index in [9.17, 15) is 13.6 Å². The van der Waals surface area contributed by atoms with E-state index in [1.807, 2.05) is 6.92 Å². The van der Waals surface area contributed by atoms with Crippen LogP contribution in [0.5, 0.6) is 5.75 Å². The zero-order chi connectivity index (χ0) is 22.5. The van der Waals surface area contributed by atoms with Crippen LogP contribution in [0.3, 0.4) is 0 Å². The fourth-order valence-corrected chi connectivity index (χ4v) is 5.02. The first-order valence-electron chi connectivity index (χ1n) is 10.2.